The SMILES string of the molecule is NS(=O)(=O)c1ccccc1OC(F)F. The Morgan fingerprint density at radius 2 is 1.86 bits per heavy atom. The van der Waals surface area contributed by atoms with Gasteiger partial charge >= 0.3 is 6.61 Å². The van der Waals surface area contributed by atoms with Crippen molar-refractivity contribution in [2.24, 2.45) is 5.14 Å². The summed E-state index contributed by atoms with van der Waals surface area (Å²) in [5, 5.41) is 4.78. The third-order valence-corrected chi connectivity index (χ3v) is 2.32. The molecule has 0 aromatic heterocycles. The van der Waals surface area contributed by atoms with Crippen LogP contribution in [0.15, 0.2) is 29.2 Å². The number of rotatable bonds is 3. The van der Waals surface area contributed by atoms with Crippen LogP contribution in [0.2, 0.25) is 0 Å². The van der Waals surface area contributed by atoms with E-state index < -0.39 is 27.3 Å². The Morgan fingerprint density at radius 3 is 2.36 bits per heavy atom. The van der Waals surface area contributed by atoms with Crippen molar-refractivity contribution < 1.29 is 21.9 Å². The Kier molecular flexibility index (Phi) is 3.02. The van der Waals surface area contributed by atoms with Gasteiger partial charge in [0.2, 0.25) is 10.0 Å². The van der Waals surface area contributed by atoms with Gasteiger partial charge in [0.25, 0.3) is 0 Å². The Bertz CT molecular complexity index is 419. The van der Waals surface area contributed by atoms with Gasteiger partial charge < -0.3 is 4.74 Å². The molecule has 0 radical (unpaired) electrons. The summed E-state index contributed by atoms with van der Waals surface area (Å²) in [7, 11) is -4.04. The van der Waals surface area contributed by atoms with Crippen molar-refractivity contribution in [3.8, 4) is 5.75 Å². The molecule has 1 aromatic rings. The molecule has 0 atom stereocenters. The van der Waals surface area contributed by atoms with Gasteiger partial charge in [0.15, 0.2) is 0 Å². The molecule has 0 saturated heterocycles. The summed E-state index contributed by atoms with van der Waals surface area (Å²) >= 11 is 0. The molecule has 1 rings (SSSR count). The van der Waals surface area contributed by atoms with Gasteiger partial charge in [-0.15, -0.1) is 0 Å². The van der Waals surface area contributed by atoms with Crippen LogP contribution in [-0.4, -0.2) is 15.0 Å². The van der Waals surface area contributed by atoms with Gasteiger partial charge in [-0.1, -0.05) is 12.1 Å². The van der Waals surface area contributed by atoms with E-state index in [2.05, 4.69) is 4.74 Å². The first kappa shape index (κ1) is 10.9. The van der Waals surface area contributed by atoms with Crippen molar-refractivity contribution in [1.29, 1.82) is 0 Å². The van der Waals surface area contributed by atoms with E-state index in [4.69, 9.17) is 5.14 Å². The molecular formula is C7H7F2NO3S. The number of benzene rings is 1. The average molecular weight is 223 g/mol. The molecule has 7 heteroatoms. The first-order chi connectivity index (χ1) is 6.41. The van der Waals surface area contributed by atoms with Crippen LogP contribution < -0.4 is 9.88 Å². The highest BCUT2D eigenvalue weighted by Crippen LogP contribution is 2.23. The average Bonchev–Trinajstić information content (AvgIpc) is 2.01. The summed E-state index contributed by atoms with van der Waals surface area (Å²) in [5.74, 6) is -0.454. The van der Waals surface area contributed by atoms with Crippen molar-refractivity contribution in [2.45, 2.75) is 11.5 Å². The van der Waals surface area contributed by atoms with Crippen LogP contribution >= 0.6 is 0 Å². The lowest BCUT2D eigenvalue weighted by Crippen LogP contribution is -2.15. The molecule has 0 saturated carbocycles. The highest BCUT2D eigenvalue weighted by atomic mass is 32.2. The lowest BCUT2D eigenvalue weighted by atomic mass is 10.3. The second-order valence-corrected chi connectivity index (χ2v) is 3.90. The predicted octanol–water partition coefficient (Wildman–Crippen LogP) is 0.935. The minimum absolute atomic E-state index is 0.454. The highest BCUT2D eigenvalue weighted by molar-refractivity contribution is 7.89. The Labute approximate surface area is 79.3 Å². The monoisotopic (exact) mass is 223 g/mol. The fourth-order valence-electron chi connectivity index (χ4n) is 0.879. The van der Waals surface area contributed by atoms with Crippen LogP contribution in [0, 0.1) is 0 Å². The molecule has 0 spiro atoms. The van der Waals surface area contributed by atoms with Gasteiger partial charge in [-0.2, -0.15) is 8.78 Å². The summed E-state index contributed by atoms with van der Waals surface area (Å²) in [4.78, 5) is -0.458. The van der Waals surface area contributed by atoms with E-state index in [1.165, 1.54) is 12.1 Å². The number of hydrogen-bond donors (Lipinski definition) is 1. The van der Waals surface area contributed by atoms with Crippen LogP contribution in [0.1, 0.15) is 0 Å². The van der Waals surface area contributed by atoms with Crippen molar-refractivity contribution in [3.05, 3.63) is 24.3 Å². The maximum absolute atomic E-state index is 11.8. The molecule has 14 heavy (non-hydrogen) atoms. The predicted molar refractivity (Wildman–Crippen MR) is 44.4 cm³/mol. The van der Waals surface area contributed by atoms with Crippen LogP contribution in [0.25, 0.3) is 0 Å². The summed E-state index contributed by atoms with van der Waals surface area (Å²) in [6.07, 6.45) is 0. The Hall–Kier alpha value is -1.21. The number of halogens is 2. The zero-order chi connectivity index (χ0) is 10.8. The summed E-state index contributed by atoms with van der Waals surface area (Å²) in [6.45, 7) is -3.09. The largest absolute Gasteiger partial charge is 0.433 e. The van der Waals surface area contributed by atoms with E-state index >= 15 is 0 Å². The fourth-order valence-corrected chi connectivity index (χ4v) is 1.54. The molecule has 0 aliphatic rings. The van der Waals surface area contributed by atoms with E-state index in [1.54, 1.807) is 0 Å². The number of primary sulfonamides is 1. The molecule has 2 N–H and O–H groups in total. The molecular weight excluding hydrogens is 216 g/mol. The highest BCUT2D eigenvalue weighted by Gasteiger charge is 2.16. The number of alkyl halides is 2. The van der Waals surface area contributed by atoms with E-state index in [-0.39, 0.29) is 0 Å². The molecule has 0 bridgehead atoms. The van der Waals surface area contributed by atoms with Crippen molar-refractivity contribution in [2.75, 3.05) is 0 Å². The standard InChI is InChI=1S/C7H7F2NO3S/c8-7(9)13-5-3-1-2-4-6(5)14(10,11)12/h1-4,7H,(H2,10,11,12). The van der Waals surface area contributed by atoms with Gasteiger partial charge in [-0.25, -0.2) is 13.6 Å². The summed E-state index contributed by atoms with van der Waals surface area (Å²) in [5.41, 5.74) is 0. The second-order valence-electron chi connectivity index (χ2n) is 2.37. The minimum Gasteiger partial charge on any atom is -0.433 e. The van der Waals surface area contributed by atoms with Gasteiger partial charge in [-0.05, 0) is 12.1 Å². The Balaban J connectivity index is 3.17. The lowest BCUT2D eigenvalue weighted by Gasteiger charge is -2.07. The van der Waals surface area contributed by atoms with Gasteiger partial charge in [0.05, 0.1) is 0 Å². The quantitative estimate of drug-likeness (QED) is 0.828. The zero-order valence-electron chi connectivity index (χ0n) is 6.85. The van der Waals surface area contributed by atoms with Crippen molar-refractivity contribution >= 4 is 10.0 Å². The molecule has 0 amide bonds. The van der Waals surface area contributed by atoms with Gasteiger partial charge in [0, 0.05) is 0 Å². The third-order valence-electron chi connectivity index (χ3n) is 1.37. The van der Waals surface area contributed by atoms with Gasteiger partial charge in [-0.3, -0.25) is 0 Å². The number of hydrogen-bond acceptors (Lipinski definition) is 3. The topological polar surface area (TPSA) is 69.4 Å². The lowest BCUT2D eigenvalue weighted by molar-refractivity contribution is -0.0517. The van der Waals surface area contributed by atoms with E-state index in [0.29, 0.717) is 0 Å². The number of ether oxygens (including phenoxy) is 1. The number of sulfonamides is 1. The fraction of sp³-hybridized carbons (Fsp3) is 0.143. The van der Waals surface area contributed by atoms with Crippen LogP contribution in [0.4, 0.5) is 8.78 Å². The van der Waals surface area contributed by atoms with E-state index in [9.17, 15) is 17.2 Å². The van der Waals surface area contributed by atoms with E-state index in [1.807, 2.05) is 0 Å². The summed E-state index contributed by atoms with van der Waals surface area (Å²) in [6, 6.07) is 4.92. The maximum atomic E-state index is 11.8. The zero-order valence-corrected chi connectivity index (χ0v) is 7.67. The first-order valence-electron chi connectivity index (χ1n) is 3.48. The molecule has 4 nitrogen and oxygen atoms in total. The molecule has 1 aromatic carbocycles. The van der Waals surface area contributed by atoms with Crippen LogP contribution in [-0.2, 0) is 10.0 Å². The smallest absolute Gasteiger partial charge is 0.387 e. The van der Waals surface area contributed by atoms with Crippen LogP contribution in [0.5, 0.6) is 5.75 Å². The van der Waals surface area contributed by atoms with E-state index in [0.717, 1.165) is 12.1 Å². The summed E-state index contributed by atoms with van der Waals surface area (Å²) < 4.78 is 49.4. The minimum atomic E-state index is -4.04. The second kappa shape index (κ2) is 3.89. The van der Waals surface area contributed by atoms with Crippen LogP contribution in [0.3, 0.4) is 0 Å². The molecule has 0 unspecified atom stereocenters. The molecule has 0 heterocycles. The van der Waals surface area contributed by atoms with Gasteiger partial charge in [0.1, 0.15) is 10.6 Å². The maximum Gasteiger partial charge on any atom is 0.387 e. The van der Waals surface area contributed by atoms with Crippen molar-refractivity contribution in [3.63, 3.8) is 0 Å². The molecule has 78 valence electrons. The number of nitrogens with two attached hydrogens (primary N) is 1. The number of para-hydroxylation sites is 1. The van der Waals surface area contributed by atoms with Crippen molar-refractivity contribution in [1.82, 2.24) is 0 Å². The third kappa shape index (κ3) is 2.64. The molecule has 0 aliphatic carbocycles. The molecule has 0 fully saturated rings. The normalized spacial score (nSPS) is 11.7. The molecule has 0 aliphatic heterocycles. The Morgan fingerprint density at radius 1 is 1.29 bits per heavy atom. The first-order valence-corrected chi connectivity index (χ1v) is 5.02.